The molecule has 0 radical (unpaired) electrons. The molecule has 76 valence electrons. The Morgan fingerprint density at radius 3 is 2.54 bits per heavy atom. The van der Waals surface area contributed by atoms with Gasteiger partial charge in [-0.15, -0.1) is 0 Å². The molecule has 0 aromatic carbocycles. The number of hydrogen-bond acceptors (Lipinski definition) is 2. The molecular formula is C10H19NO2. The van der Waals surface area contributed by atoms with E-state index in [2.05, 4.69) is 0 Å². The molecule has 2 aliphatic rings. The van der Waals surface area contributed by atoms with Crippen LogP contribution in [-0.2, 0) is 9.53 Å². The van der Waals surface area contributed by atoms with Gasteiger partial charge in [0.15, 0.2) is 0 Å². The second kappa shape index (κ2) is 4.09. The lowest BCUT2D eigenvalue weighted by Crippen LogP contribution is -2.25. The minimum Gasteiger partial charge on any atom is -0.381 e. The number of amides is 1. The van der Waals surface area contributed by atoms with E-state index in [0.717, 1.165) is 26.2 Å². The zero-order valence-electron chi connectivity index (χ0n) is 8.80. The Hall–Kier alpha value is -0.570. The summed E-state index contributed by atoms with van der Waals surface area (Å²) in [6.07, 6.45) is 1.76. The zero-order chi connectivity index (χ0) is 9.90. The van der Waals surface area contributed by atoms with Crippen LogP contribution < -0.4 is 0 Å². The minimum atomic E-state index is 0.186. The average Bonchev–Trinajstić information content (AvgIpc) is 2.66. The van der Waals surface area contributed by atoms with Crippen molar-refractivity contribution in [3.8, 4) is 0 Å². The maximum atomic E-state index is 11.2. The molecule has 2 fully saturated rings. The van der Waals surface area contributed by atoms with Crippen LogP contribution >= 0.6 is 0 Å². The number of carbonyl (C=O) groups excluding carboxylic acids is 1. The quantitative estimate of drug-likeness (QED) is 0.569. The van der Waals surface area contributed by atoms with Gasteiger partial charge in [0, 0.05) is 32.0 Å². The van der Waals surface area contributed by atoms with E-state index in [1.54, 1.807) is 0 Å². The van der Waals surface area contributed by atoms with Gasteiger partial charge in [0.1, 0.15) is 0 Å². The first-order chi connectivity index (χ1) is 6.22. The molecule has 1 unspecified atom stereocenters. The molecule has 3 nitrogen and oxygen atoms in total. The van der Waals surface area contributed by atoms with Crippen molar-refractivity contribution in [3.05, 3.63) is 0 Å². The monoisotopic (exact) mass is 185 g/mol. The molecular weight excluding hydrogens is 166 g/mol. The summed E-state index contributed by atoms with van der Waals surface area (Å²) in [6.45, 7) is 6.51. The predicted molar refractivity (Wildman–Crippen MR) is 51.5 cm³/mol. The van der Waals surface area contributed by atoms with Crippen molar-refractivity contribution in [3.63, 3.8) is 0 Å². The van der Waals surface area contributed by atoms with Gasteiger partial charge < -0.3 is 9.64 Å². The molecule has 1 amide bonds. The van der Waals surface area contributed by atoms with Crippen molar-refractivity contribution in [2.45, 2.75) is 26.7 Å². The van der Waals surface area contributed by atoms with Crippen LogP contribution in [0.5, 0.6) is 0 Å². The van der Waals surface area contributed by atoms with Gasteiger partial charge >= 0.3 is 0 Å². The normalized spacial score (nSPS) is 32.2. The zero-order valence-corrected chi connectivity index (χ0v) is 8.80. The largest absolute Gasteiger partial charge is 0.381 e. The number of rotatable bonds is 0. The van der Waals surface area contributed by atoms with E-state index >= 15 is 0 Å². The SMILES string of the molecule is CC.CN1CC2(CCOC2)CC1=O. The van der Waals surface area contributed by atoms with Gasteiger partial charge in [0.2, 0.25) is 5.91 Å². The molecule has 0 aromatic heterocycles. The molecule has 0 saturated carbocycles. The van der Waals surface area contributed by atoms with Crippen LogP contribution in [0.4, 0.5) is 0 Å². The van der Waals surface area contributed by atoms with Crippen molar-refractivity contribution in [1.82, 2.24) is 4.90 Å². The maximum Gasteiger partial charge on any atom is 0.223 e. The summed E-state index contributed by atoms with van der Waals surface area (Å²) < 4.78 is 5.30. The lowest BCUT2D eigenvalue weighted by atomic mass is 9.87. The van der Waals surface area contributed by atoms with E-state index in [-0.39, 0.29) is 11.3 Å². The van der Waals surface area contributed by atoms with Gasteiger partial charge in [-0.3, -0.25) is 4.79 Å². The third-order valence-electron chi connectivity index (χ3n) is 2.71. The van der Waals surface area contributed by atoms with Gasteiger partial charge in [-0.1, -0.05) is 13.8 Å². The highest BCUT2D eigenvalue weighted by Gasteiger charge is 2.44. The van der Waals surface area contributed by atoms with Gasteiger partial charge in [-0.05, 0) is 6.42 Å². The standard InChI is InChI=1S/C8H13NO2.C2H6/c1-9-5-8(4-7(9)10)2-3-11-6-8;1-2/h2-6H2,1H3;1-2H3. The van der Waals surface area contributed by atoms with Gasteiger partial charge in [0.25, 0.3) is 0 Å². The van der Waals surface area contributed by atoms with Crippen molar-refractivity contribution < 1.29 is 9.53 Å². The first-order valence-electron chi connectivity index (χ1n) is 5.04. The summed E-state index contributed by atoms with van der Waals surface area (Å²) >= 11 is 0. The summed E-state index contributed by atoms with van der Waals surface area (Å²) in [5.41, 5.74) is 0.186. The molecule has 0 N–H and O–H groups in total. The molecule has 0 bridgehead atoms. The Morgan fingerprint density at radius 2 is 2.15 bits per heavy atom. The summed E-state index contributed by atoms with van der Waals surface area (Å²) in [7, 11) is 1.87. The van der Waals surface area contributed by atoms with E-state index in [1.807, 2.05) is 25.8 Å². The molecule has 2 heterocycles. The van der Waals surface area contributed by atoms with Crippen molar-refractivity contribution in [2.75, 3.05) is 26.8 Å². The fraction of sp³-hybridized carbons (Fsp3) is 0.900. The molecule has 1 spiro atoms. The van der Waals surface area contributed by atoms with E-state index in [1.165, 1.54) is 0 Å². The Labute approximate surface area is 80.1 Å². The van der Waals surface area contributed by atoms with Crippen LogP contribution in [0.3, 0.4) is 0 Å². The number of ether oxygens (including phenoxy) is 1. The summed E-state index contributed by atoms with van der Waals surface area (Å²) in [4.78, 5) is 13.0. The number of likely N-dealkylation sites (tertiary alicyclic amines) is 1. The van der Waals surface area contributed by atoms with Crippen LogP contribution in [0.1, 0.15) is 26.7 Å². The molecule has 2 rings (SSSR count). The molecule has 2 aliphatic heterocycles. The first-order valence-corrected chi connectivity index (χ1v) is 5.04. The van der Waals surface area contributed by atoms with Crippen LogP contribution in [-0.4, -0.2) is 37.6 Å². The number of carbonyl (C=O) groups is 1. The van der Waals surface area contributed by atoms with Crippen LogP contribution in [0.15, 0.2) is 0 Å². The Kier molecular flexibility index (Phi) is 3.31. The molecule has 0 aliphatic carbocycles. The van der Waals surface area contributed by atoms with Crippen LogP contribution in [0.2, 0.25) is 0 Å². The number of hydrogen-bond donors (Lipinski definition) is 0. The van der Waals surface area contributed by atoms with E-state index in [4.69, 9.17) is 4.74 Å². The fourth-order valence-electron chi connectivity index (χ4n) is 2.02. The highest BCUT2D eigenvalue weighted by Crippen LogP contribution is 2.37. The third-order valence-corrected chi connectivity index (χ3v) is 2.71. The van der Waals surface area contributed by atoms with Gasteiger partial charge in [-0.25, -0.2) is 0 Å². The van der Waals surface area contributed by atoms with Gasteiger partial charge in [0.05, 0.1) is 6.61 Å². The summed E-state index contributed by atoms with van der Waals surface area (Å²) in [6, 6.07) is 0. The molecule has 2 saturated heterocycles. The van der Waals surface area contributed by atoms with Crippen molar-refractivity contribution in [1.29, 1.82) is 0 Å². The predicted octanol–water partition coefficient (Wildman–Crippen LogP) is 1.28. The smallest absolute Gasteiger partial charge is 0.223 e. The Balaban J connectivity index is 0.000000396. The minimum absolute atomic E-state index is 0.186. The molecule has 13 heavy (non-hydrogen) atoms. The Bertz CT molecular complexity index is 185. The van der Waals surface area contributed by atoms with Crippen LogP contribution in [0.25, 0.3) is 0 Å². The average molecular weight is 185 g/mol. The topological polar surface area (TPSA) is 29.5 Å². The van der Waals surface area contributed by atoms with Crippen molar-refractivity contribution in [2.24, 2.45) is 5.41 Å². The lowest BCUT2D eigenvalue weighted by molar-refractivity contribution is -0.126. The van der Waals surface area contributed by atoms with Crippen LogP contribution in [0, 0.1) is 5.41 Å². The van der Waals surface area contributed by atoms with E-state index < -0.39 is 0 Å². The first kappa shape index (κ1) is 10.5. The van der Waals surface area contributed by atoms with Crippen molar-refractivity contribution >= 4 is 5.91 Å². The molecule has 1 atom stereocenters. The Morgan fingerprint density at radius 1 is 1.46 bits per heavy atom. The summed E-state index contributed by atoms with van der Waals surface area (Å²) in [5.74, 6) is 0.274. The third kappa shape index (κ3) is 2.02. The lowest BCUT2D eigenvalue weighted by Gasteiger charge is -2.18. The highest BCUT2D eigenvalue weighted by molar-refractivity contribution is 5.79. The maximum absolute atomic E-state index is 11.2. The van der Waals surface area contributed by atoms with E-state index in [9.17, 15) is 4.79 Å². The second-order valence-electron chi connectivity index (χ2n) is 3.73. The van der Waals surface area contributed by atoms with E-state index in [0.29, 0.717) is 6.42 Å². The summed E-state index contributed by atoms with van der Waals surface area (Å²) in [5, 5.41) is 0. The fourth-order valence-corrected chi connectivity index (χ4v) is 2.02. The molecule has 3 heteroatoms. The highest BCUT2D eigenvalue weighted by atomic mass is 16.5. The van der Waals surface area contributed by atoms with Gasteiger partial charge in [-0.2, -0.15) is 0 Å². The second-order valence-corrected chi connectivity index (χ2v) is 3.73. The molecule has 0 aromatic rings. The number of nitrogens with zero attached hydrogens (tertiary/aromatic N) is 1.